The van der Waals surface area contributed by atoms with Crippen LogP contribution in [-0.2, 0) is 0 Å². The molecule has 1 heterocycles. The highest BCUT2D eigenvalue weighted by Gasteiger charge is 2.36. The number of fused-ring (bicyclic) bond motifs is 1. The quantitative estimate of drug-likeness (QED) is 0.285. The largest absolute Gasteiger partial charge is 0.488 e. The van der Waals surface area contributed by atoms with Crippen molar-refractivity contribution in [3.05, 3.63) is 97.1 Å². The van der Waals surface area contributed by atoms with Crippen LogP contribution in [0.2, 0.25) is 0 Å². The maximum Gasteiger partial charge on any atom is 0.139 e. The van der Waals surface area contributed by atoms with Crippen molar-refractivity contribution in [3.63, 3.8) is 0 Å². The Morgan fingerprint density at radius 2 is 1.21 bits per heavy atom. The third-order valence-electron chi connectivity index (χ3n) is 5.63. The number of hydrogen-bond acceptors (Lipinski definition) is 3. The first-order valence-corrected chi connectivity index (χ1v) is 12.7. The molecule has 0 bridgehead atoms. The molecule has 1 unspecified atom stereocenters. The third kappa shape index (κ3) is 4.47. The highest BCUT2D eigenvalue weighted by molar-refractivity contribution is 7.67. The Morgan fingerprint density at radius 3 is 1.76 bits per heavy atom. The second-order valence-electron chi connectivity index (χ2n) is 8.98. The standard InChI is InChI=1S/C29H27O3P/c1-29(2,3)33-20-30-26-19-10-16-23(28(26)33)27-24(31-21-12-6-4-7-13-21)17-11-18-25(27)32-22-14-8-5-9-15-22/h4-19H,20H2,1-3H3. The molecule has 0 aliphatic carbocycles. The first-order valence-electron chi connectivity index (χ1n) is 11.1. The summed E-state index contributed by atoms with van der Waals surface area (Å²) in [5.41, 5.74) is 2.06. The Hall–Kier alpha value is -3.29. The van der Waals surface area contributed by atoms with Crippen LogP contribution >= 0.6 is 7.92 Å². The summed E-state index contributed by atoms with van der Waals surface area (Å²) in [5.74, 6) is 4.07. The molecule has 1 aliphatic heterocycles. The van der Waals surface area contributed by atoms with Crippen LogP contribution in [0.25, 0.3) is 11.1 Å². The van der Waals surface area contributed by atoms with Crippen molar-refractivity contribution in [1.82, 2.24) is 0 Å². The Kier molecular flexibility index (Phi) is 5.83. The van der Waals surface area contributed by atoms with Gasteiger partial charge in [0.2, 0.25) is 0 Å². The van der Waals surface area contributed by atoms with E-state index in [1.165, 1.54) is 5.30 Å². The van der Waals surface area contributed by atoms with Crippen LogP contribution in [0.4, 0.5) is 0 Å². The van der Waals surface area contributed by atoms with Crippen LogP contribution in [0.5, 0.6) is 28.7 Å². The summed E-state index contributed by atoms with van der Waals surface area (Å²) >= 11 is 0. The Labute approximate surface area is 196 Å². The van der Waals surface area contributed by atoms with Crippen molar-refractivity contribution in [3.8, 4) is 39.9 Å². The minimum absolute atomic E-state index is 0.117. The van der Waals surface area contributed by atoms with Crippen LogP contribution in [0.1, 0.15) is 20.8 Å². The molecule has 0 saturated carbocycles. The normalized spacial score (nSPS) is 14.9. The molecule has 3 nitrogen and oxygen atoms in total. The van der Waals surface area contributed by atoms with E-state index >= 15 is 0 Å². The molecule has 4 aromatic rings. The van der Waals surface area contributed by atoms with Crippen molar-refractivity contribution in [2.24, 2.45) is 0 Å². The lowest BCUT2D eigenvalue weighted by Gasteiger charge is -2.28. The number of para-hydroxylation sites is 2. The Balaban J connectivity index is 1.70. The lowest BCUT2D eigenvalue weighted by atomic mass is 10.0. The van der Waals surface area contributed by atoms with Gasteiger partial charge in [0.05, 0.1) is 5.56 Å². The molecule has 0 radical (unpaired) electrons. The van der Waals surface area contributed by atoms with Crippen molar-refractivity contribution < 1.29 is 14.2 Å². The van der Waals surface area contributed by atoms with Gasteiger partial charge in [-0.1, -0.05) is 75.4 Å². The molecular weight excluding hydrogens is 427 g/mol. The average molecular weight is 455 g/mol. The fourth-order valence-corrected chi connectivity index (χ4v) is 6.36. The van der Waals surface area contributed by atoms with Gasteiger partial charge in [-0.25, -0.2) is 0 Å². The van der Waals surface area contributed by atoms with E-state index in [4.69, 9.17) is 14.2 Å². The van der Waals surface area contributed by atoms with Gasteiger partial charge in [0, 0.05) is 10.9 Å². The van der Waals surface area contributed by atoms with E-state index < -0.39 is 7.92 Å². The lowest BCUT2D eigenvalue weighted by molar-refractivity contribution is 0.400. The van der Waals surface area contributed by atoms with Crippen molar-refractivity contribution in [1.29, 1.82) is 0 Å². The molecule has 4 heteroatoms. The van der Waals surface area contributed by atoms with Crippen LogP contribution < -0.4 is 19.5 Å². The molecule has 0 saturated heterocycles. The second kappa shape index (κ2) is 8.92. The smallest absolute Gasteiger partial charge is 0.139 e. The predicted molar refractivity (Wildman–Crippen MR) is 137 cm³/mol. The fourth-order valence-electron chi connectivity index (χ4n) is 4.02. The number of hydrogen-bond donors (Lipinski definition) is 0. The molecule has 1 atom stereocenters. The molecule has 0 spiro atoms. The average Bonchev–Trinajstić information content (AvgIpc) is 3.26. The molecule has 0 N–H and O–H groups in total. The van der Waals surface area contributed by atoms with E-state index in [0.29, 0.717) is 0 Å². The van der Waals surface area contributed by atoms with Crippen LogP contribution in [-0.4, -0.2) is 11.5 Å². The first-order chi connectivity index (χ1) is 16.0. The summed E-state index contributed by atoms with van der Waals surface area (Å²) in [5, 5.41) is 1.40. The summed E-state index contributed by atoms with van der Waals surface area (Å²) in [4.78, 5) is 0. The maximum atomic E-state index is 6.41. The van der Waals surface area contributed by atoms with E-state index in [9.17, 15) is 0 Å². The zero-order chi connectivity index (χ0) is 22.8. The van der Waals surface area contributed by atoms with E-state index in [1.54, 1.807) is 0 Å². The van der Waals surface area contributed by atoms with E-state index in [2.05, 4.69) is 39.0 Å². The molecule has 5 rings (SSSR count). The summed E-state index contributed by atoms with van der Waals surface area (Å²) in [7, 11) is -0.523. The number of rotatable bonds is 5. The SMILES string of the molecule is CC(C)(C)P1COc2cccc(-c3c(Oc4ccccc4)cccc3Oc3ccccc3)c21. The van der Waals surface area contributed by atoms with Crippen molar-refractivity contribution in [2.75, 3.05) is 6.35 Å². The zero-order valence-electron chi connectivity index (χ0n) is 19.1. The lowest BCUT2D eigenvalue weighted by Crippen LogP contribution is -2.19. The molecule has 0 amide bonds. The summed E-state index contributed by atoms with van der Waals surface area (Å²) < 4.78 is 19.0. The van der Waals surface area contributed by atoms with Gasteiger partial charge in [0.1, 0.15) is 35.1 Å². The van der Waals surface area contributed by atoms with Gasteiger partial charge >= 0.3 is 0 Å². The van der Waals surface area contributed by atoms with Gasteiger partial charge in [0.25, 0.3) is 0 Å². The summed E-state index contributed by atoms with van der Waals surface area (Å²) in [6.45, 7) is 6.88. The first kappa shape index (κ1) is 21.6. The predicted octanol–water partition coefficient (Wildman–Crippen LogP) is 8.19. The molecule has 166 valence electrons. The fraction of sp³-hybridized carbons (Fsp3) is 0.172. The van der Waals surface area contributed by atoms with Gasteiger partial charge in [0.15, 0.2) is 0 Å². The van der Waals surface area contributed by atoms with Gasteiger partial charge in [-0.15, -0.1) is 0 Å². The molecular formula is C29H27O3P. The maximum absolute atomic E-state index is 6.41. The van der Waals surface area contributed by atoms with Gasteiger partial charge in [-0.05, 0) is 55.5 Å². The number of benzene rings is 4. The molecule has 0 fully saturated rings. The van der Waals surface area contributed by atoms with E-state index in [-0.39, 0.29) is 5.16 Å². The minimum Gasteiger partial charge on any atom is -0.488 e. The second-order valence-corrected chi connectivity index (χ2v) is 11.9. The topological polar surface area (TPSA) is 27.7 Å². The van der Waals surface area contributed by atoms with Crippen molar-refractivity contribution in [2.45, 2.75) is 25.9 Å². The van der Waals surface area contributed by atoms with E-state index in [0.717, 1.165) is 46.2 Å². The van der Waals surface area contributed by atoms with Crippen molar-refractivity contribution >= 4 is 13.2 Å². The summed E-state index contributed by atoms with van der Waals surface area (Å²) in [6, 6.07) is 32.1. The van der Waals surface area contributed by atoms with Gasteiger partial charge < -0.3 is 14.2 Å². The molecule has 4 aromatic carbocycles. The molecule has 33 heavy (non-hydrogen) atoms. The monoisotopic (exact) mass is 454 g/mol. The summed E-state index contributed by atoms with van der Waals surface area (Å²) in [6.07, 6.45) is 0.738. The molecule has 0 aromatic heterocycles. The van der Waals surface area contributed by atoms with Gasteiger partial charge in [-0.3, -0.25) is 0 Å². The highest BCUT2D eigenvalue weighted by Crippen LogP contribution is 2.57. The third-order valence-corrected chi connectivity index (χ3v) is 8.64. The van der Waals surface area contributed by atoms with Crippen LogP contribution in [0, 0.1) is 0 Å². The highest BCUT2D eigenvalue weighted by atomic mass is 31.1. The Morgan fingerprint density at radius 1 is 0.667 bits per heavy atom. The van der Waals surface area contributed by atoms with E-state index in [1.807, 2.05) is 78.9 Å². The van der Waals surface area contributed by atoms with Gasteiger partial charge in [-0.2, -0.15) is 0 Å². The Bertz CT molecular complexity index is 1190. The zero-order valence-corrected chi connectivity index (χ0v) is 20.0. The van der Waals surface area contributed by atoms with Crippen LogP contribution in [0.15, 0.2) is 97.1 Å². The minimum atomic E-state index is -0.523. The van der Waals surface area contributed by atoms with Crippen LogP contribution in [0.3, 0.4) is 0 Å². The number of ether oxygens (including phenoxy) is 3. The molecule has 1 aliphatic rings.